The van der Waals surface area contributed by atoms with Crippen LogP contribution in [0.25, 0.3) is 10.8 Å². The topological polar surface area (TPSA) is 80.9 Å². The van der Waals surface area contributed by atoms with Crippen LogP contribution in [0.3, 0.4) is 0 Å². The Bertz CT molecular complexity index is 1110. The predicted molar refractivity (Wildman–Crippen MR) is 109 cm³/mol. The summed E-state index contributed by atoms with van der Waals surface area (Å²) in [7, 11) is 3.06. The molecule has 0 saturated carbocycles. The van der Waals surface area contributed by atoms with E-state index in [4.69, 9.17) is 14.2 Å². The number of benzene rings is 2. The van der Waals surface area contributed by atoms with Gasteiger partial charge in [-0.2, -0.15) is 0 Å². The van der Waals surface area contributed by atoms with Gasteiger partial charge in [-0.3, -0.25) is 9.59 Å². The van der Waals surface area contributed by atoms with Crippen LogP contribution in [0.1, 0.15) is 22.2 Å². The minimum absolute atomic E-state index is 0.175. The molecule has 0 bridgehead atoms. The number of pyridine rings is 1. The quantitative estimate of drug-likeness (QED) is 0.736. The zero-order valence-corrected chi connectivity index (χ0v) is 16.3. The third-order valence-corrected chi connectivity index (χ3v) is 5.12. The molecule has 29 heavy (non-hydrogen) atoms. The average molecular weight is 394 g/mol. The van der Waals surface area contributed by atoms with Gasteiger partial charge in [0.1, 0.15) is 17.5 Å². The molecule has 1 aliphatic heterocycles. The van der Waals surface area contributed by atoms with Gasteiger partial charge in [-0.25, -0.2) is 0 Å². The number of aromatic nitrogens is 1. The van der Waals surface area contributed by atoms with Crippen molar-refractivity contribution in [2.45, 2.75) is 6.10 Å². The van der Waals surface area contributed by atoms with Crippen molar-refractivity contribution in [3.8, 4) is 11.5 Å². The molecule has 1 atom stereocenters. The summed E-state index contributed by atoms with van der Waals surface area (Å²) in [6, 6.07) is 13.3. The third-order valence-electron chi connectivity index (χ3n) is 5.12. The first-order valence-electron chi connectivity index (χ1n) is 9.34. The smallest absolute Gasteiger partial charge is 0.270 e. The van der Waals surface area contributed by atoms with E-state index >= 15 is 0 Å². The summed E-state index contributed by atoms with van der Waals surface area (Å²) in [4.78, 5) is 29.4. The fourth-order valence-electron chi connectivity index (χ4n) is 3.52. The summed E-state index contributed by atoms with van der Waals surface area (Å²) >= 11 is 0. The van der Waals surface area contributed by atoms with E-state index in [2.05, 4.69) is 11.1 Å². The fraction of sp³-hybridized carbons (Fsp3) is 0.273. The Hall–Kier alpha value is -3.32. The Kier molecular flexibility index (Phi) is 5.22. The highest BCUT2D eigenvalue weighted by Gasteiger charge is 2.27. The molecular weight excluding hydrogens is 372 g/mol. The monoisotopic (exact) mass is 394 g/mol. The molecule has 7 heteroatoms. The van der Waals surface area contributed by atoms with Crippen LogP contribution in [0, 0.1) is 0 Å². The van der Waals surface area contributed by atoms with E-state index in [-0.39, 0.29) is 28.9 Å². The van der Waals surface area contributed by atoms with Crippen LogP contribution in [0.5, 0.6) is 11.5 Å². The summed E-state index contributed by atoms with van der Waals surface area (Å²) in [5, 5.41) is 2.16. The number of aromatic amines is 1. The SMILES string of the molecule is COc1ccc2cc([C@H]3CN(C(=O)c4cc(=O)c(OC)c[nH]4)CCO3)ccc2c1. The van der Waals surface area contributed by atoms with E-state index in [0.717, 1.165) is 22.1 Å². The molecule has 1 aliphatic rings. The number of nitrogens with one attached hydrogen (secondary N) is 1. The molecule has 0 spiro atoms. The molecular formula is C22H22N2O5. The van der Waals surface area contributed by atoms with Gasteiger partial charge in [-0.15, -0.1) is 0 Å². The number of amides is 1. The Balaban J connectivity index is 1.55. The summed E-state index contributed by atoms with van der Waals surface area (Å²) in [6.07, 6.45) is 1.18. The second-order valence-corrected chi connectivity index (χ2v) is 6.86. The van der Waals surface area contributed by atoms with Gasteiger partial charge in [-0.05, 0) is 34.5 Å². The Labute approximate surface area is 167 Å². The molecule has 2 heterocycles. The van der Waals surface area contributed by atoms with E-state index in [1.165, 1.54) is 19.4 Å². The molecule has 1 N–H and O–H groups in total. The summed E-state index contributed by atoms with van der Waals surface area (Å²) in [5.74, 6) is 0.752. The van der Waals surface area contributed by atoms with Gasteiger partial charge in [0, 0.05) is 18.8 Å². The number of morpholine rings is 1. The highest BCUT2D eigenvalue weighted by atomic mass is 16.5. The van der Waals surface area contributed by atoms with Crippen molar-refractivity contribution in [2.24, 2.45) is 0 Å². The minimum Gasteiger partial charge on any atom is -0.497 e. The largest absolute Gasteiger partial charge is 0.497 e. The molecule has 7 nitrogen and oxygen atoms in total. The predicted octanol–water partition coefficient (Wildman–Crippen LogP) is 2.76. The number of ether oxygens (including phenoxy) is 3. The van der Waals surface area contributed by atoms with E-state index in [0.29, 0.717) is 19.7 Å². The maximum atomic E-state index is 12.9. The van der Waals surface area contributed by atoms with Crippen molar-refractivity contribution >= 4 is 16.7 Å². The van der Waals surface area contributed by atoms with Gasteiger partial charge in [0.25, 0.3) is 5.91 Å². The third kappa shape index (κ3) is 3.82. The van der Waals surface area contributed by atoms with Crippen molar-refractivity contribution < 1.29 is 19.0 Å². The second-order valence-electron chi connectivity index (χ2n) is 6.86. The molecule has 1 saturated heterocycles. The molecule has 0 unspecified atom stereocenters. The Morgan fingerprint density at radius 3 is 2.66 bits per heavy atom. The number of hydrogen-bond acceptors (Lipinski definition) is 5. The Morgan fingerprint density at radius 2 is 1.90 bits per heavy atom. The number of nitrogens with zero attached hydrogens (tertiary/aromatic N) is 1. The molecule has 4 rings (SSSR count). The first-order valence-corrected chi connectivity index (χ1v) is 9.34. The van der Waals surface area contributed by atoms with Gasteiger partial charge in [-0.1, -0.05) is 18.2 Å². The fourth-order valence-corrected chi connectivity index (χ4v) is 3.52. The number of carbonyl (C=O) groups is 1. The lowest BCUT2D eigenvalue weighted by Gasteiger charge is -2.33. The zero-order chi connectivity index (χ0) is 20.4. The minimum atomic E-state index is -0.329. The van der Waals surface area contributed by atoms with Crippen molar-refractivity contribution in [2.75, 3.05) is 33.9 Å². The van der Waals surface area contributed by atoms with Crippen LogP contribution in [-0.2, 0) is 4.74 Å². The molecule has 150 valence electrons. The maximum absolute atomic E-state index is 12.9. The van der Waals surface area contributed by atoms with Gasteiger partial charge < -0.3 is 24.1 Å². The van der Waals surface area contributed by atoms with E-state index in [1.54, 1.807) is 12.0 Å². The first-order chi connectivity index (χ1) is 14.1. The Morgan fingerprint density at radius 1 is 1.10 bits per heavy atom. The number of rotatable bonds is 4. The van der Waals surface area contributed by atoms with Crippen molar-refractivity contribution in [1.29, 1.82) is 0 Å². The molecule has 0 aliphatic carbocycles. The van der Waals surface area contributed by atoms with Gasteiger partial charge in [0.2, 0.25) is 5.43 Å². The van der Waals surface area contributed by atoms with E-state index in [9.17, 15) is 9.59 Å². The molecule has 2 aromatic carbocycles. The number of methoxy groups -OCH3 is 2. The van der Waals surface area contributed by atoms with Crippen LogP contribution in [0.2, 0.25) is 0 Å². The lowest BCUT2D eigenvalue weighted by Crippen LogP contribution is -2.42. The summed E-state index contributed by atoms with van der Waals surface area (Å²) in [6.45, 7) is 1.31. The molecule has 1 amide bonds. The van der Waals surface area contributed by atoms with Crippen molar-refractivity contribution in [3.63, 3.8) is 0 Å². The van der Waals surface area contributed by atoms with Crippen molar-refractivity contribution in [1.82, 2.24) is 9.88 Å². The molecule has 0 radical (unpaired) electrons. The van der Waals surface area contributed by atoms with Crippen LogP contribution in [0.4, 0.5) is 0 Å². The molecule has 3 aromatic rings. The highest BCUT2D eigenvalue weighted by molar-refractivity contribution is 5.92. The molecule has 1 aromatic heterocycles. The number of hydrogen-bond donors (Lipinski definition) is 1. The van der Waals surface area contributed by atoms with Crippen LogP contribution >= 0.6 is 0 Å². The van der Waals surface area contributed by atoms with Gasteiger partial charge in [0.05, 0.1) is 27.4 Å². The number of H-pyrrole nitrogens is 1. The standard InChI is InChI=1S/C22H22N2O5/c1-27-17-6-5-14-9-16(4-3-15(14)10-17)21-13-24(7-8-29-21)22(26)18-11-19(25)20(28-2)12-23-18/h3-6,9-12,21H,7-8,13H2,1-2H3,(H,23,25)/t21-/m1/s1. The maximum Gasteiger partial charge on any atom is 0.270 e. The lowest BCUT2D eigenvalue weighted by molar-refractivity contribution is -0.0229. The van der Waals surface area contributed by atoms with E-state index in [1.807, 2.05) is 30.3 Å². The van der Waals surface area contributed by atoms with Crippen molar-refractivity contribution in [3.05, 3.63) is 70.1 Å². The second kappa shape index (κ2) is 7.97. The highest BCUT2D eigenvalue weighted by Crippen LogP contribution is 2.28. The van der Waals surface area contributed by atoms with Gasteiger partial charge in [0.15, 0.2) is 5.75 Å². The van der Waals surface area contributed by atoms with E-state index < -0.39 is 0 Å². The van der Waals surface area contributed by atoms with Crippen LogP contribution in [-0.4, -0.2) is 49.7 Å². The summed E-state index contributed by atoms with van der Waals surface area (Å²) < 4.78 is 16.1. The number of fused-ring (bicyclic) bond motifs is 1. The summed E-state index contributed by atoms with van der Waals surface area (Å²) in [5.41, 5.74) is 0.912. The normalized spacial score (nSPS) is 16.6. The lowest BCUT2D eigenvalue weighted by atomic mass is 10.0. The average Bonchev–Trinajstić information content (AvgIpc) is 2.77. The van der Waals surface area contributed by atoms with Gasteiger partial charge >= 0.3 is 0 Å². The van der Waals surface area contributed by atoms with Crippen LogP contribution in [0.15, 0.2) is 53.5 Å². The molecule has 1 fully saturated rings. The zero-order valence-electron chi connectivity index (χ0n) is 16.3. The first kappa shape index (κ1) is 19.0. The van der Waals surface area contributed by atoms with Crippen LogP contribution < -0.4 is 14.9 Å². The number of carbonyl (C=O) groups excluding carboxylic acids is 1.